The van der Waals surface area contributed by atoms with Gasteiger partial charge in [0.05, 0.1) is 5.56 Å². The van der Waals surface area contributed by atoms with Gasteiger partial charge < -0.3 is 10.6 Å². The number of rotatable bonds is 3. The molecule has 1 aliphatic carbocycles. The molecule has 0 saturated carbocycles. The Morgan fingerprint density at radius 1 is 1.39 bits per heavy atom. The van der Waals surface area contributed by atoms with Gasteiger partial charge >= 0.3 is 0 Å². The molecule has 0 amide bonds. The third-order valence-corrected chi connectivity index (χ3v) is 3.87. The molecule has 2 N–H and O–H groups in total. The summed E-state index contributed by atoms with van der Waals surface area (Å²) in [5, 5.41) is 0. The van der Waals surface area contributed by atoms with Crippen molar-refractivity contribution in [1.82, 2.24) is 4.98 Å². The van der Waals surface area contributed by atoms with E-state index in [-0.39, 0.29) is 0 Å². The lowest BCUT2D eigenvalue weighted by Crippen LogP contribution is -2.30. The number of hydrogen-bond donors (Lipinski definition) is 1. The van der Waals surface area contributed by atoms with Gasteiger partial charge in [-0.1, -0.05) is 12.2 Å². The molecule has 1 aromatic rings. The Kier molecular flexibility index (Phi) is 3.85. The average Bonchev–Trinajstić information content (AvgIpc) is 2.36. The molecule has 3 nitrogen and oxygen atoms in total. The van der Waals surface area contributed by atoms with Crippen molar-refractivity contribution in [3.05, 3.63) is 22.9 Å². The van der Waals surface area contributed by atoms with E-state index in [1.807, 2.05) is 7.05 Å². The van der Waals surface area contributed by atoms with Crippen LogP contribution in [0.3, 0.4) is 0 Å². The third kappa shape index (κ3) is 2.48. The smallest absolute Gasteiger partial charge is 0.139 e. The van der Waals surface area contributed by atoms with Crippen LogP contribution in [0.4, 0.5) is 5.82 Å². The fourth-order valence-corrected chi connectivity index (χ4v) is 2.47. The van der Waals surface area contributed by atoms with Crippen LogP contribution in [0.25, 0.3) is 0 Å². The molecule has 1 aromatic heterocycles. The van der Waals surface area contributed by atoms with Crippen molar-refractivity contribution in [3.63, 3.8) is 0 Å². The average molecular weight is 263 g/mol. The van der Waals surface area contributed by atoms with E-state index in [0.29, 0.717) is 11.0 Å². The normalized spacial score (nSPS) is 14.4. The molecule has 0 aliphatic heterocycles. The summed E-state index contributed by atoms with van der Waals surface area (Å²) < 4.78 is 0. The first-order valence-electron chi connectivity index (χ1n) is 6.56. The van der Waals surface area contributed by atoms with E-state index in [9.17, 15) is 0 Å². The van der Waals surface area contributed by atoms with Crippen LogP contribution in [0.2, 0.25) is 0 Å². The number of nitrogens with two attached hydrogens (primary N) is 1. The fraction of sp³-hybridized carbons (Fsp3) is 0.571. The predicted octanol–water partition coefficient (Wildman–Crippen LogP) is 2.44. The molecule has 1 aliphatic rings. The van der Waals surface area contributed by atoms with Crippen LogP contribution in [-0.4, -0.2) is 23.1 Å². The van der Waals surface area contributed by atoms with Crippen molar-refractivity contribution in [2.75, 3.05) is 11.9 Å². The molecule has 98 valence electrons. The number of nitrogens with zero attached hydrogens (tertiary/aromatic N) is 2. The van der Waals surface area contributed by atoms with Gasteiger partial charge in [-0.05, 0) is 51.2 Å². The molecule has 0 saturated heterocycles. The highest BCUT2D eigenvalue weighted by Crippen LogP contribution is 2.27. The minimum Gasteiger partial charge on any atom is -0.389 e. The highest BCUT2D eigenvalue weighted by Gasteiger charge is 2.19. The molecule has 0 bridgehead atoms. The van der Waals surface area contributed by atoms with E-state index in [1.54, 1.807) is 0 Å². The van der Waals surface area contributed by atoms with E-state index < -0.39 is 0 Å². The number of pyridine rings is 1. The lowest BCUT2D eigenvalue weighted by Gasteiger charge is -2.27. The molecule has 4 heteroatoms. The van der Waals surface area contributed by atoms with Gasteiger partial charge in [0.25, 0.3) is 0 Å². The van der Waals surface area contributed by atoms with Crippen molar-refractivity contribution in [3.8, 4) is 0 Å². The van der Waals surface area contributed by atoms with E-state index in [2.05, 4.69) is 24.8 Å². The number of thiocarbonyl (C=S) groups is 1. The highest BCUT2D eigenvalue weighted by atomic mass is 32.1. The number of fused-ring (bicyclic) bond motifs is 1. The maximum atomic E-state index is 5.85. The van der Waals surface area contributed by atoms with Crippen LogP contribution in [0.1, 0.15) is 43.5 Å². The van der Waals surface area contributed by atoms with Gasteiger partial charge in [0.2, 0.25) is 0 Å². The van der Waals surface area contributed by atoms with Crippen LogP contribution < -0.4 is 10.6 Å². The maximum absolute atomic E-state index is 5.85. The maximum Gasteiger partial charge on any atom is 0.139 e. The molecule has 18 heavy (non-hydrogen) atoms. The van der Waals surface area contributed by atoms with E-state index in [4.69, 9.17) is 22.9 Å². The van der Waals surface area contributed by atoms with Crippen LogP contribution in [0, 0.1) is 0 Å². The largest absolute Gasteiger partial charge is 0.389 e. The highest BCUT2D eigenvalue weighted by molar-refractivity contribution is 7.80. The Morgan fingerprint density at radius 2 is 2.06 bits per heavy atom. The molecule has 0 fully saturated rings. The monoisotopic (exact) mass is 263 g/mol. The first-order chi connectivity index (χ1) is 8.50. The third-order valence-electron chi connectivity index (χ3n) is 3.65. The number of anilines is 1. The second-order valence-corrected chi connectivity index (χ2v) is 5.68. The van der Waals surface area contributed by atoms with E-state index in [1.165, 1.54) is 24.1 Å². The Labute approximate surface area is 114 Å². The first kappa shape index (κ1) is 13.3. The summed E-state index contributed by atoms with van der Waals surface area (Å²) in [5.74, 6) is 0.929. The van der Waals surface area contributed by atoms with Crippen LogP contribution in [0.15, 0.2) is 6.07 Å². The topological polar surface area (TPSA) is 42.2 Å². The zero-order chi connectivity index (χ0) is 13.3. The van der Waals surface area contributed by atoms with Crippen molar-refractivity contribution < 1.29 is 0 Å². The Hall–Kier alpha value is -1.16. The standard InChI is InChI=1S/C14H21N3S/c1-9(2)17(3)14-11(13(15)18)8-10-6-4-5-7-12(10)16-14/h8-9H,4-7H2,1-3H3,(H2,15,18). The van der Waals surface area contributed by atoms with Gasteiger partial charge in [-0.15, -0.1) is 0 Å². The van der Waals surface area contributed by atoms with Gasteiger partial charge in [0, 0.05) is 18.8 Å². The van der Waals surface area contributed by atoms with Crippen LogP contribution in [0.5, 0.6) is 0 Å². The summed E-state index contributed by atoms with van der Waals surface area (Å²) >= 11 is 5.17. The van der Waals surface area contributed by atoms with Crippen molar-refractivity contribution in [1.29, 1.82) is 0 Å². The van der Waals surface area contributed by atoms with Crippen LogP contribution >= 0.6 is 12.2 Å². The molecule has 0 atom stereocenters. The fourth-order valence-electron chi connectivity index (χ4n) is 2.32. The molecular formula is C14H21N3S. The predicted molar refractivity (Wildman–Crippen MR) is 80.3 cm³/mol. The number of aryl methyl sites for hydroxylation is 2. The van der Waals surface area contributed by atoms with Gasteiger partial charge in [-0.25, -0.2) is 4.98 Å². The second-order valence-electron chi connectivity index (χ2n) is 5.24. The van der Waals surface area contributed by atoms with Gasteiger partial charge in [-0.2, -0.15) is 0 Å². The Bertz CT molecular complexity index is 468. The molecule has 0 aromatic carbocycles. The quantitative estimate of drug-likeness (QED) is 0.851. The van der Waals surface area contributed by atoms with Crippen molar-refractivity contribution in [2.24, 2.45) is 5.73 Å². The summed E-state index contributed by atoms with van der Waals surface area (Å²) in [6.07, 6.45) is 4.65. The first-order valence-corrected chi connectivity index (χ1v) is 6.97. The zero-order valence-corrected chi connectivity index (χ0v) is 12.2. The molecule has 0 unspecified atom stereocenters. The molecule has 1 heterocycles. The van der Waals surface area contributed by atoms with Crippen molar-refractivity contribution in [2.45, 2.75) is 45.6 Å². The lowest BCUT2D eigenvalue weighted by atomic mass is 9.94. The molecule has 2 rings (SSSR count). The second kappa shape index (κ2) is 5.22. The van der Waals surface area contributed by atoms with Crippen LogP contribution in [-0.2, 0) is 12.8 Å². The summed E-state index contributed by atoms with van der Waals surface area (Å²) in [7, 11) is 2.05. The Balaban J connectivity index is 2.52. The molecular weight excluding hydrogens is 242 g/mol. The van der Waals surface area contributed by atoms with Gasteiger partial charge in [0.15, 0.2) is 0 Å². The molecule has 0 spiro atoms. The van der Waals surface area contributed by atoms with Gasteiger partial charge in [0.1, 0.15) is 10.8 Å². The summed E-state index contributed by atoms with van der Waals surface area (Å²) in [6.45, 7) is 4.29. The Morgan fingerprint density at radius 3 is 2.67 bits per heavy atom. The lowest BCUT2D eigenvalue weighted by molar-refractivity contribution is 0.661. The SMILES string of the molecule is CC(C)N(C)c1nc2c(cc1C(N)=S)CCCC2. The summed E-state index contributed by atoms with van der Waals surface area (Å²) in [6, 6.07) is 2.53. The zero-order valence-electron chi connectivity index (χ0n) is 11.4. The van der Waals surface area contributed by atoms with E-state index in [0.717, 1.165) is 24.2 Å². The summed E-state index contributed by atoms with van der Waals surface area (Å²) in [4.78, 5) is 7.40. The minimum atomic E-state index is 0.382. The van der Waals surface area contributed by atoms with Crippen molar-refractivity contribution >= 4 is 23.0 Å². The minimum absolute atomic E-state index is 0.382. The number of hydrogen-bond acceptors (Lipinski definition) is 3. The van der Waals surface area contributed by atoms with E-state index >= 15 is 0 Å². The number of aromatic nitrogens is 1. The van der Waals surface area contributed by atoms with Gasteiger partial charge in [-0.3, -0.25) is 0 Å². The summed E-state index contributed by atoms with van der Waals surface area (Å²) in [5.41, 5.74) is 9.32. The molecule has 0 radical (unpaired) electrons.